The fraction of sp³-hybridized carbons (Fsp3) is 0.750. The van der Waals surface area contributed by atoms with Gasteiger partial charge in [-0.25, -0.2) is 4.79 Å². The van der Waals surface area contributed by atoms with Crippen LogP contribution in [0.15, 0.2) is 12.7 Å². The van der Waals surface area contributed by atoms with Crippen LogP contribution in [-0.4, -0.2) is 59.4 Å². The predicted molar refractivity (Wildman–Crippen MR) is 81.9 cm³/mol. The zero-order valence-corrected chi connectivity index (χ0v) is 13.6. The molecular formula is C16H27NO5. The van der Waals surface area contributed by atoms with E-state index in [0.29, 0.717) is 25.7 Å². The van der Waals surface area contributed by atoms with E-state index >= 15 is 0 Å². The Morgan fingerprint density at radius 3 is 2.45 bits per heavy atom. The zero-order chi connectivity index (χ0) is 16.9. The Morgan fingerprint density at radius 1 is 1.36 bits per heavy atom. The lowest BCUT2D eigenvalue weighted by Crippen LogP contribution is -2.50. The highest BCUT2D eigenvalue weighted by molar-refractivity contribution is 5.91. The van der Waals surface area contributed by atoms with Crippen LogP contribution < -0.4 is 0 Å². The summed E-state index contributed by atoms with van der Waals surface area (Å²) in [7, 11) is 2.86. The highest BCUT2D eigenvalue weighted by Gasteiger charge is 2.41. The molecule has 5 atom stereocenters. The van der Waals surface area contributed by atoms with Gasteiger partial charge < -0.3 is 19.8 Å². The predicted octanol–water partition coefficient (Wildman–Crippen LogP) is 0.720. The van der Waals surface area contributed by atoms with E-state index in [-0.39, 0.29) is 17.7 Å². The number of carbonyl (C=O) groups excluding carboxylic acids is 2. The molecule has 126 valence electrons. The SMILES string of the molecule is C=CC(=O)N(C)C(C(=O)OC)C(CC)C1CCC(O)C(O)C1. The van der Waals surface area contributed by atoms with Crippen molar-refractivity contribution >= 4 is 11.9 Å². The van der Waals surface area contributed by atoms with Crippen LogP contribution in [0.4, 0.5) is 0 Å². The van der Waals surface area contributed by atoms with Crippen molar-refractivity contribution in [3.05, 3.63) is 12.7 Å². The maximum atomic E-state index is 12.2. The molecule has 0 spiro atoms. The highest BCUT2D eigenvalue weighted by atomic mass is 16.5. The molecule has 0 radical (unpaired) electrons. The number of hydrogen-bond donors (Lipinski definition) is 2. The topological polar surface area (TPSA) is 87.1 Å². The van der Waals surface area contributed by atoms with E-state index in [1.54, 1.807) is 7.05 Å². The first-order valence-electron chi connectivity index (χ1n) is 7.70. The molecule has 0 bridgehead atoms. The molecule has 1 amide bonds. The number of ether oxygens (including phenoxy) is 1. The van der Waals surface area contributed by atoms with Gasteiger partial charge in [0.05, 0.1) is 19.3 Å². The molecule has 0 aromatic heterocycles. The van der Waals surface area contributed by atoms with Gasteiger partial charge in [-0.3, -0.25) is 4.79 Å². The van der Waals surface area contributed by atoms with Gasteiger partial charge in [-0.15, -0.1) is 0 Å². The van der Waals surface area contributed by atoms with Gasteiger partial charge in [0.15, 0.2) is 0 Å². The lowest BCUT2D eigenvalue weighted by Gasteiger charge is -2.40. The van der Waals surface area contributed by atoms with Gasteiger partial charge in [-0.1, -0.05) is 19.9 Å². The van der Waals surface area contributed by atoms with Crippen molar-refractivity contribution in [2.45, 2.75) is 50.9 Å². The van der Waals surface area contributed by atoms with Crippen LogP contribution in [0.25, 0.3) is 0 Å². The number of likely N-dealkylation sites (N-methyl/N-ethyl adjacent to an activating group) is 1. The first-order valence-corrected chi connectivity index (χ1v) is 7.70. The van der Waals surface area contributed by atoms with Crippen LogP contribution in [0.2, 0.25) is 0 Å². The first kappa shape index (κ1) is 18.6. The van der Waals surface area contributed by atoms with Gasteiger partial charge in [0.25, 0.3) is 0 Å². The first-order chi connectivity index (χ1) is 10.4. The van der Waals surface area contributed by atoms with Gasteiger partial charge >= 0.3 is 5.97 Å². The Kier molecular flexibility index (Phi) is 7.03. The number of rotatable bonds is 6. The van der Waals surface area contributed by atoms with Crippen LogP contribution in [0.3, 0.4) is 0 Å². The molecule has 0 saturated heterocycles. The van der Waals surface area contributed by atoms with Crippen LogP contribution in [0, 0.1) is 11.8 Å². The number of aliphatic hydroxyl groups is 2. The van der Waals surface area contributed by atoms with Gasteiger partial charge in [-0.05, 0) is 37.2 Å². The molecule has 2 N–H and O–H groups in total. The molecule has 0 heterocycles. The molecule has 1 saturated carbocycles. The molecular weight excluding hydrogens is 286 g/mol. The average molecular weight is 313 g/mol. The minimum atomic E-state index is -0.786. The van der Waals surface area contributed by atoms with Gasteiger partial charge in [0.2, 0.25) is 5.91 Å². The van der Waals surface area contributed by atoms with E-state index in [1.165, 1.54) is 18.1 Å². The number of hydrogen-bond acceptors (Lipinski definition) is 5. The molecule has 0 aliphatic heterocycles. The van der Waals surface area contributed by atoms with Crippen LogP contribution in [-0.2, 0) is 14.3 Å². The Hall–Kier alpha value is -1.40. The Morgan fingerprint density at radius 2 is 2.00 bits per heavy atom. The van der Waals surface area contributed by atoms with Crippen molar-refractivity contribution in [1.29, 1.82) is 0 Å². The smallest absolute Gasteiger partial charge is 0.328 e. The molecule has 22 heavy (non-hydrogen) atoms. The van der Waals surface area contributed by atoms with Gasteiger partial charge in [0, 0.05) is 7.05 Å². The number of aliphatic hydroxyl groups excluding tert-OH is 2. The van der Waals surface area contributed by atoms with Crippen molar-refractivity contribution in [2.24, 2.45) is 11.8 Å². The van der Waals surface area contributed by atoms with Crippen LogP contribution in [0.5, 0.6) is 0 Å². The third-order valence-corrected chi connectivity index (χ3v) is 4.69. The molecule has 6 heteroatoms. The monoisotopic (exact) mass is 313 g/mol. The zero-order valence-electron chi connectivity index (χ0n) is 13.6. The number of amides is 1. The minimum Gasteiger partial charge on any atom is -0.467 e. The van der Waals surface area contributed by atoms with E-state index < -0.39 is 24.2 Å². The van der Waals surface area contributed by atoms with Crippen LogP contribution >= 0.6 is 0 Å². The van der Waals surface area contributed by atoms with Crippen molar-refractivity contribution in [2.75, 3.05) is 14.2 Å². The van der Waals surface area contributed by atoms with E-state index in [1.807, 2.05) is 6.92 Å². The van der Waals surface area contributed by atoms with Crippen LogP contribution in [0.1, 0.15) is 32.6 Å². The van der Waals surface area contributed by atoms with E-state index in [9.17, 15) is 19.8 Å². The molecule has 1 aliphatic rings. The summed E-state index contributed by atoms with van der Waals surface area (Å²) in [5.41, 5.74) is 0. The molecule has 1 fully saturated rings. The summed E-state index contributed by atoms with van der Waals surface area (Å²) in [5, 5.41) is 19.6. The van der Waals surface area contributed by atoms with Gasteiger partial charge in [-0.2, -0.15) is 0 Å². The second kappa shape index (κ2) is 8.29. The van der Waals surface area contributed by atoms with Gasteiger partial charge in [0.1, 0.15) is 6.04 Å². The van der Waals surface area contributed by atoms with E-state index in [2.05, 4.69) is 6.58 Å². The summed E-state index contributed by atoms with van der Waals surface area (Å²) in [6.45, 7) is 5.40. The van der Waals surface area contributed by atoms with Crippen molar-refractivity contribution in [3.63, 3.8) is 0 Å². The normalized spacial score (nSPS) is 27.6. The third kappa shape index (κ3) is 4.08. The van der Waals surface area contributed by atoms with E-state index in [0.717, 1.165) is 0 Å². The average Bonchev–Trinajstić information content (AvgIpc) is 2.53. The molecule has 6 nitrogen and oxygen atoms in total. The highest BCUT2D eigenvalue weighted by Crippen LogP contribution is 2.35. The maximum absolute atomic E-state index is 12.2. The number of methoxy groups -OCH3 is 1. The Labute approximate surface area is 131 Å². The maximum Gasteiger partial charge on any atom is 0.328 e. The van der Waals surface area contributed by atoms with Crippen molar-refractivity contribution < 1.29 is 24.5 Å². The Bertz CT molecular complexity index is 411. The number of carbonyl (C=O) groups is 2. The lowest BCUT2D eigenvalue weighted by atomic mass is 9.73. The molecule has 5 unspecified atom stereocenters. The summed E-state index contributed by atoms with van der Waals surface area (Å²) in [6, 6.07) is -0.715. The fourth-order valence-electron chi connectivity index (χ4n) is 3.39. The second-order valence-corrected chi connectivity index (χ2v) is 5.90. The summed E-state index contributed by atoms with van der Waals surface area (Å²) >= 11 is 0. The summed E-state index contributed by atoms with van der Waals surface area (Å²) < 4.78 is 4.87. The summed E-state index contributed by atoms with van der Waals surface area (Å²) in [6.07, 6.45) is 1.97. The second-order valence-electron chi connectivity index (χ2n) is 5.90. The van der Waals surface area contributed by atoms with Crippen molar-refractivity contribution in [3.8, 4) is 0 Å². The summed E-state index contributed by atoms with van der Waals surface area (Å²) in [5.74, 6) is -0.897. The number of esters is 1. The molecule has 0 aromatic carbocycles. The molecule has 0 aromatic rings. The Balaban J connectivity index is 3.01. The van der Waals surface area contributed by atoms with E-state index in [4.69, 9.17) is 4.74 Å². The van der Waals surface area contributed by atoms with Crippen molar-refractivity contribution in [1.82, 2.24) is 4.90 Å². The fourth-order valence-corrected chi connectivity index (χ4v) is 3.39. The standard InChI is InChI=1S/C16H27NO5/c1-5-11(10-7-8-12(18)13(19)9-10)15(16(21)22-4)17(3)14(20)6-2/h6,10-13,15,18-19H,2,5,7-9H2,1,3-4H3. The molecule has 1 rings (SSSR count). The lowest BCUT2D eigenvalue weighted by molar-refractivity contribution is -0.155. The minimum absolute atomic E-state index is 0.0487. The largest absolute Gasteiger partial charge is 0.467 e. The summed E-state index contributed by atoms with van der Waals surface area (Å²) in [4.78, 5) is 25.5. The third-order valence-electron chi connectivity index (χ3n) is 4.69. The quantitative estimate of drug-likeness (QED) is 0.557. The number of nitrogens with zero attached hydrogens (tertiary/aromatic N) is 1. The molecule has 1 aliphatic carbocycles.